The molecule has 0 bridgehead atoms. The van der Waals surface area contributed by atoms with Crippen molar-refractivity contribution >= 4 is 29.0 Å². The van der Waals surface area contributed by atoms with E-state index in [4.69, 9.17) is 22.1 Å². The van der Waals surface area contributed by atoms with Crippen LogP contribution in [0.5, 0.6) is 5.75 Å². The SMILES string of the molecule is COc1ccc(-c2cc(C3N=Nc4ccc(Cl)cc4C3=O)nc(N)n2)cc1. The molecule has 27 heavy (non-hydrogen) atoms. The number of azo groups is 1. The lowest BCUT2D eigenvalue weighted by Crippen LogP contribution is -2.16. The minimum absolute atomic E-state index is 0.0539. The number of aromatic nitrogens is 2. The lowest BCUT2D eigenvalue weighted by atomic mass is 9.98. The van der Waals surface area contributed by atoms with E-state index in [9.17, 15) is 4.79 Å². The molecule has 134 valence electrons. The summed E-state index contributed by atoms with van der Waals surface area (Å²) in [4.78, 5) is 21.3. The number of carbonyl (C=O) groups excluding carboxylic acids is 1. The third-order valence-corrected chi connectivity index (χ3v) is 4.42. The van der Waals surface area contributed by atoms with Crippen molar-refractivity contribution < 1.29 is 9.53 Å². The standard InChI is InChI=1S/C19H14ClN5O2/c1-27-12-5-2-10(3-6-12)15-9-16(23-19(21)22-15)17-18(26)13-8-11(20)4-7-14(13)24-25-17/h2-9,17H,1H3,(H2,21,22,23). The molecule has 2 aromatic carbocycles. The summed E-state index contributed by atoms with van der Waals surface area (Å²) < 4.78 is 5.16. The average molecular weight is 380 g/mol. The number of ether oxygens (including phenoxy) is 1. The van der Waals surface area contributed by atoms with Gasteiger partial charge in [0, 0.05) is 16.1 Å². The van der Waals surface area contributed by atoms with Crippen LogP contribution in [0.2, 0.25) is 5.02 Å². The summed E-state index contributed by atoms with van der Waals surface area (Å²) in [5, 5.41) is 8.70. The second kappa shape index (κ2) is 6.77. The predicted octanol–water partition coefficient (Wildman–Crippen LogP) is 4.41. The van der Waals surface area contributed by atoms with Crippen molar-refractivity contribution in [3.8, 4) is 17.0 Å². The number of nitrogen functional groups attached to an aromatic ring is 1. The molecule has 0 aliphatic carbocycles. The van der Waals surface area contributed by atoms with Gasteiger partial charge in [-0.3, -0.25) is 4.79 Å². The van der Waals surface area contributed by atoms with E-state index < -0.39 is 6.04 Å². The van der Waals surface area contributed by atoms with Crippen LogP contribution in [0.25, 0.3) is 11.3 Å². The van der Waals surface area contributed by atoms with E-state index in [1.807, 2.05) is 24.3 Å². The maximum Gasteiger partial charge on any atom is 0.220 e. The zero-order valence-corrected chi connectivity index (χ0v) is 15.0. The Morgan fingerprint density at radius 3 is 2.59 bits per heavy atom. The Kier molecular flexibility index (Phi) is 4.29. The number of hydrogen-bond acceptors (Lipinski definition) is 7. The van der Waals surface area contributed by atoms with Gasteiger partial charge in [-0.2, -0.15) is 10.2 Å². The Balaban J connectivity index is 1.74. The largest absolute Gasteiger partial charge is 0.497 e. The van der Waals surface area contributed by atoms with Crippen LogP contribution in [0.4, 0.5) is 11.6 Å². The average Bonchev–Trinajstić information content (AvgIpc) is 2.68. The Bertz CT molecular complexity index is 1070. The third kappa shape index (κ3) is 3.24. The molecule has 1 unspecified atom stereocenters. The lowest BCUT2D eigenvalue weighted by molar-refractivity contribution is 0.0954. The van der Waals surface area contributed by atoms with Crippen LogP contribution in [-0.4, -0.2) is 22.9 Å². The first-order chi connectivity index (χ1) is 13.0. The highest BCUT2D eigenvalue weighted by Gasteiger charge is 2.30. The molecule has 0 saturated heterocycles. The Morgan fingerprint density at radius 1 is 1.07 bits per heavy atom. The maximum atomic E-state index is 12.9. The highest BCUT2D eigenvalue weighted by Crippen LogP contribution is 2.35. The molecule has 0 radical (unpaired) electrons. The summed E-state index contributed by atoms with van der Waals surface area (Å²) in [7, 11) is 1.60. The Morgan fingerprint density at radius 2 is 1.85 bits per heavy atom. The maximum absolute atomic E-state index is 12.9. The molecule has 2 N–H and O–H groups in total. The molecule has 0 fully saturated rings. The molecule has 0 spiro atoms. The van der Waals surface area contributed by atoms with Crippen molar-refractivity contribution in [2.45, 2.75) is 6.04 Å². The van der Waals surface area contributed by atoms with E-state index in [1.165, 1.54) is 0 Å². The number of fused-ring (bicyclic) bond motifs is 1. The number of rotatable bonds is 3. The smallest absolute Gasteiger partial charge is 0.220 e. The summed E-state index contributed by atoms with van der Waals surface area (Å²) in [5.74, 6) is 0.547. The molecule has 7 nitrogen and oxygen atoms in total. The highest BCUT2D eigenvalue weighted by molar-refractivity contribution is 6.31. The molecule has 3 aromatic rings. The zero-order valence-electron chi connectivity index (χ0n) is 14.3. The quantitative estimate of drug-likeness (QED) is 0.726. The van der Waals surface area contributed by atoms with Crippen molar-refractivity contribution in [1.82, 2.24) is 9.97 Å². The van der Waals surface area contributed by atoms with Crippen LogP contribution in [-0.2, 0) is 0 Å². The van der Waals surface area contributed by atoms with E-state index >= 15 is 0 Å². The number of nitrogens with zero attached hydrogens (tertiary/aromatic N) is 4. The summed E-state index contributed by atoms with van der Waals surface area (Å²) in [6.45, 7) is 0. The summed E-state index contributed by atoms with van der Waals surface area (Å²) in [6, 6.07) is 13.0. The molecule has 8 heteroatoms. The van der Waals surface area contributed by atoms with Gasteiger partial charge in [0.15, 0.2) is 11.8 Å². The topological polar surface area (TPSA) is 103 Å². The van der Waals surface area contributed by atoms with Gasteiger partial charge in [0.25, 0.3) is 0 Å². The van der Waals surface area contributed by atoms with Gasteiger partial charge in [-0.15, -0.1) is 0 Å². The second-order valence-electron chi connectivity index (χ2n) is 5.91. The van der Waals surface area contributed by atoms with Gasteiger partial charge in [0.2, 0.25) is 5.95 Å². The number of halogens is 1. The monoisotopic (exact) mass is 379 g/mol. The Hall–Kier alpha value is -3.32. The van der Waals surface area contributed by atoms with E-state index in [0.29, 0.717) is 27.7 Å². The number of ketones is 1. The van der Waals surface area contributed by atoms with Gasteiger partial charge >= 0.3 is 0 Å². The number of anilines is 1. The molecular weight excluding hydrogens is 366 g/mol. The minimum Gasteiger partial charge on any atom is -0.497 e. The predicted molar refractivity (Wildman–Crippen MR) is 101 cm³/mol. The number of benzene rings is 2. The fourth-order valence-corrected chi connectivity index (χ4v) is 3.01. The molecule has 1 aliphatic rings. The van der Waals surface area contributed by atoms with Crippen LogP contribution >= 0.6 is 11.6 Å². The molecule has 2 heterocycles. The van der Waals surface area contributed by atoms with Gasteiger partial charge in [0.05, 0.1) is 24.2 Å². The fraction of sp³-hybridized carbons (Fsp3) is 0.105. The van der Waals surface area contributed by atoms with Gasteiger partial charge < -0.3 is 10.5 Å². The van der Waals surface area contributed by atoms with Crippen LogP contribution in [0, 0.1) is 0 Å². The van der Waals surface area contributed by atoms with Gasteiger partial charge in [-0.05, 0) is 48.5 Å². The zero-order chi connectivity index (χ0) is 19.0. The fourth-order valence-electron chi connectivity index (χ4n) is 2.84. The number of carbonyl (C=O) groups is 1. The highest BCUT2D eigenvalue weighted by atomic mass is 35.5. The molecule has 1 aliphatic heterocycles. The molecule has 4 rings (SSSR count). The first-order valence-electron chi connectivity index (χ1n) is 8.08. The van der Waals surface area contributed by atoms with E-state index in [-0.39, 0.29) is 11.7 Å². The van der Waals surface area contributed by atoms with Crippen molar-refractivity contribution in [3.05, 3.63) is 64.8 Å². The van der Waals surface area contributed by atoms with Crippen molar-refractivity contribution in [2.24, 2.45) is 10.2 Å². The van der Waals surface area contributed by atoms with Crippen molar-refractivity contribution in [3.63, 3.8) is 0 Å². The molecular formula is C19H14ClN5O2. The van der Waals surface area contributed by atoms with Crippen molar-refractivity contribution in [1.29, 1.82) is 0 Å². The lowest BCUT2D eigenvalue weighted by Gasteiger charge is -2.17. The van der Waals surface area contributed by atoms with Crippen molar-refractivity contribution in [2.75, 3.05) is 12.8 Å². The van der Waals surface area contributed by atoms with Crippen LogP contribution in [0.3, 0.4) is 0 Å². The summed E-state index contributed by atoms with van der Waals surface area (Å²) >= 11 is 6.01. The normalized spacial score (nSPS) is 15.5. The first-order valence-corrected chi connectivity index (χ1v) is 8.46. The van der Waals surface area contributed by atoms with E-state index in [0.717, 1.165) is 11.3 Å². The molecule has 0 amide bonds. The number of hydrogen-bond donors (Lipinski definition) is 1. The first kappa shape index (κ1) is 17.1. The summed E-state index contributed by atoms with van der Waals surface area (Å²) in [6.07, 6.45) is 0. The molecule has 0 saturated carbocycles. The number of Topliss-reactive ketones (excluding diaryl/α,β-unsaturated/α-hetero) is 1. The van der Waals surface area contributed by atoms with Gasteiger partial charge in [0.1, 0.15) is 5.75 Å². The van der Waals surface area contributed by atoms with E-state index in [2.05, 4.69) is 20.2 Å². The van der Waals surface area contributed by atoms with Crippen LogP contribution in [0.15, 0.2) is 58.8 Å². The summed E-state index contributed by atoms with van der Waals surface area (Å²) in [5.41, 5.74) is 8.54. The Labute approximate surface area is 159 Å². The third-order valence-electron chi connectivity index (χ3n) is 4.18. The number of methoxy groups -OCH3 is 1. The van der Waals surface area contributed by atoms with Gasteiger partial charge in [-0.25, -0.2) is 9.97 Å². The minimum atomic E-state index is -0.890. The molecule has 1 atom stereocenters. The number of nitrogens with two attached hydrogens (primary N) is 1. The molecule has 1 aromatic heterocycles. The van der Waals surface area contributed by atoms with Crippen LogP contribution < -0.4 is 10.5 Å². The van der Waals surface area contributed by atoms with E-state index in [1.54, 1.807) is 31.4 Å². The van der Waals surface area contributed by atoms with Crippen LogP contribution in [0.1, 0.15) is 22.1 Å². The van der Waals surface area contributed by atoms with Gasteiger partial charge in [-0.1, -0.05) is 11.6 Å². The second-order valence-corrected chi connectivity index (χ2v) is 6.34.